The lowest BCUT2D eigenvalue weighted by molar-refractivity contribution is 0.403. The number of rotatable bonds is 3. The van der Waals surface area contributed by atoms with E-state index in [-0.39, 0.29) is 23.0 Å². The Morgan fingerprint density at radius 3 is 1.30 bits per heavy atom. The molecule has 0 heterocycles. The van der Waals surface area contributed by atoms with Gasteiger partial charge < -0.3 is 20.4 Å². The van der Waals surface area contributed by atoms with Crippen molar-refractivity contribution in [1.29, 1.82) is 0 Å². The first kappa shape index (κ1) is 20.0. The van der Waals surface area contributed by atoms with E-state index in [1.807, 2.05) is 0 Å². The maximum Gasteiger partial charge on any atom is 0.157 e. The van der Waals surface area contributed by atoms with Gasteiger partial charge in [-0.1, -0.05) is 6.07 Å². The molecule has 0 aliphatic heterocycles. The first-order valence-electron chi connectivity index (χ1n) is 7.70. The molecule has 0 aliphatic rings. The van der Waals surface area contributed by atoms with E-state index < -0.39 is 5.92 Å². The average molecular weight is 437 g/mol. The predicted octanol–water partition coefficient (Wildman–Crippen LogP) is 4.84. The van der Waals surface area contributed by atoms with E-state index in [1.165, 1.54) is 12.1 Å². The molecular weight excluding hydrogens is 420 g/mol. The van der Waals surface area contributed by atoms with Crippen LogP contribution in [0.4, 0.5) is 0 Å². The maximum absolute atomic E-state index is 9.98. The summed E-state index contributed by atoms with van der Waals surface area (Å²) in [5.41, 5.74) is 2.14. The molecule has 0 fully saturated rings. The van der Waals surface area contributed by atoms with Gasteiger partial charge in [-0.15, -0.1) is 50.5 Å². The summed E-state index contributed by atoms with van der Waals surface area (Å²) in [7, 11) is 0. The van der Waals surface area contributed by atoms with Gasteiger partial charge in [-0.25, -0.2) is 0 Å². The first-order valence-corrected chi connectivity index (χ1v) is 9.49. The molecule has 0 saturated heterocycles. The fourth-order valence-corrected chi connectivity index (χ4v) is 4.14. The highest BCUT2D eigenvalue weighted by atomic mass is 32.1. The number of aromatic hydroxyl groups is 4. The number of hydrogen-bond acceptors (Lipinski definition) is 8. The summed E-state index contributed by atoms with van der Waals surface area (Å²) in [5, 5.41) is 39.6. The van der Waals surface area contributed by atoms with E-state index in [0.29, 0.717) is 25.1 Å². The third-order valence-electron chi connectivity index (χ3n) is 4.18. The molecule has 0 aliphatic carbocycles. The second-order valence-corrected chi connectivity index (χ2v) is 7.92. The molecule has 27 heavy (non-hydrogen) atoms. The fourth-order valence-electron chi connectivity index (χ4n) is 2.88. The van der Waals surface area contributed by atoms with Crippen LogP contribution in [0, 0.1) is 0 Å². The van der Waals surface area contributed by atoms with Gasteiger partial charge in [0.05, 0.1) is 0 Å². The zero-order valence-electron chi connectivity index (χ0n) is 13.7. The second kappa shape index (κ2) is 7.71. The SMILES string of the molecule is Oc1ccc(C(c2cc(S)c(O)c(S)c2)c2cc(S)c(O)c(S)c2)cc1O. The summed E-state index contributed by atoms with van der Waals surface area (Å²) < 4.78 is 0. The van der Waals surface area contributed by atoms with Gasteiger partial charge in [-0.3, -0.25) is 0 Å². The van der Waals surface area contributed by atoms with Crippen molar-refractivity contribution in [2.75, 3.05) is 0 Å². The molecule has 0 spiro atoms. The summed E-state index contributed by atoms with van der Waals surface area (Å²) in [6.45, 7) is 0. The minimum atomic E-state index is -0.425. The summed E-state index contributed by atoms with van der Waals surface area (Å²) in [4.78, 5) is 1.39. The van der Waals surface area contributed by atoms with Gasteiger partial charge in [0.1, 0.15) is 11.5 Å². The second-order valence-electron chi connectivity index (χ2n) is 6.00. The maximum atomic E-state index is 9.98. The predicted molar refractivity (Wildman–Crippen MR) is 116 cm³/mol. The Hall–Kier alpha value is -1.74. The highest BCUT2D eigenvalue weighted by Gasteiger charge is 2.22. The van der Waals surface area contributed by atoms with Gasteiger partial charge in [0, 0.05) is 25.5 Å². The third-order valence-corrected chi connectivity index (χ3v) is 5.55. The van der Waals surface area contributed by atoms with Crippen LogP contribution in [-0.2, 0) is 0 Å². The highest BCUT2D eigenvalue weighted by molar-refractivity contribution is 7.81. The van der Waals surface area contributed by atoms with Crippen molar-refractivity contribution in [3.63, 3.8) is 0 Å². The zero-order valence-corrected chi connectivity index (χ0v) is 17.3. The molecule has 4 nitrogen and oxygen atoms in total. The molecule has 3 aromatic carbocycles. The van der Waals surface area contributed by atoms with Crippen LogP contribution < -0.4 is 0 Å². The van der Waals surface area contributed by atoms with E-state index in [2.05, 4.69) is 50.5 Å². The highest BCUT2D eigenvalue weighted by Crippen LogP contribution is 2.42. The van der Waals surface area contributed by atoms with Crippen LogP contribution in [0.5, 0.6) is 23.0 Å². The molecule has 0 aromatic heterocycles. The minimum Gasteiger partial charge on any atom is -0.506 e. The largest absolute Gasteiger partial charge is 0.506 e. The number of benzene rings is 3. The molecule has 140 valence electrons. The number of hydrogen-bond donors (Lipinski definition) is 8. The monoisotopic (exact) mass is 436 g/mol. The average Bonchev–Trinajstić information content (AvgIpc) is 2.60. The molecule has 3 rings (SSSR count). The van der Waals surface area contributed by atoms with E-state index >= 15 is 0 Å². The van der Waals surface area contributed by atoms with E-state index in [0.717, 1.165) is 11.1 Å². The van der Waals surface area contributed by atoms with Gasteiger partial charge in [0.25, 0.3) is 0 Å². The van der Waals surface area contributed by atoms with E-state index in [1.54, 1.807) is 30.3 Å². The Labute approximate surface area is 178 Å². The summed E-state index contributed by atoms with van der Waals surface area (Å²) in [5.74, 6) is -0.986. The lowest BCUT2D eigenvalue weighted by Crippen LogP contribution is -2.04. The van der Waals surface area contributed by atoms with Gasteiger partial charge in [0.15, 0.2) is 11.5 Å². The van der Waals surface area contributed by atoms with Crippen LogP contribution in [0.2, 0.25) is 0 Å². The Bertz CT molecular complexity index is 933. The molecule has 0 radical (unpaired) electrons. The normalized spacial score (nSPS) is 11.1. The van der Waals surface area contributed by atoms with Crippen molar-refractivity contribution < 1.29 is 20.4 Å². The smallest absolute Gasteiger partial charge is 0.157 e. The molecule has 0 bridgehead atoms. The quantitative estimate of drug-likeness (QED) is 0.172. The number of phenols is 4. The summed E-state index contributed by atoms with van der Waals surface area (Å²) in [6, 6.07) is 11.3. The molecule has 0 atom stereocenters. The Morgan fingerprint density at radius 1 is 0.519 bits per heavy atom. The molecular formula is C19H16O4S4. The number of thiol groups is 4. The third kappa shape index (κ3) is 3.94. The van der Waals surface area contributed by atoms with Crippen molar-refractivity contribution in [1.82, 2.24) is 0 Å². The molecule has 3 aromatic rings. The molecule has 0 unspecified atom stereocenters. The van der Waals surface area contributed by atoms with Crippen molar-refractivity contribution in [3.8, 4) is 23.0 Å². The molecule has 8 heteroatoms. The van der Waals surface area contributed by atoms with Gasteiger partial charge in [-0.05, 0) is 53.1 Å². The molecule has 4 N–H and O–H groups in total. The fraction of sp³-hybridized carbons (Fsp3) is 0.0526. The zero-order chi connectivity index (χ0) is 19.9. The van der Waals surface area contributed by atoms with E-state index in [9.17, 15) is 20.4 Å². The topological polar surface area (TPSA) is 80.9 Å². The van der Waals surface area contributed by atoms with Gasteiger partial charge in [0.2, 0.25) is 0 Å². The minimum absolute atomic E-state index is 0.0341. The molecule has 0 saturated carbocycles. The Balaban J connectivity index is 2.28. The van der Waals surface area contributed by atoms with Gasteiger partial charge in [-0.2, -0.15) is 0 Å². The standard InChI is InChI=1S/C19H16O4S4/c20-11-2-1-8(3-12(11)21)17(9-4-13(24)18(22)14(25)5-9)10-6-15(26)19(23)16(27)7-10/h1-7,17,20-27H. The molecule has 0 amide bonds. The summed E-state index contributed by atoms with van der Waals surface area (Å²) >= 11 is 17.2. The van der Waals surface area contributed by atoms with Crippen LogP contribution in [0.1, 0.15) is 22.6 Å². The van der Waals surface area contributed by atoms with Crippen LogP contribution in [0.15, 0.2) is 62.0 Å². The number of phenolic OH excluding ortho intramolecular Hbond substituents is 4. The Morgan fingerprint density at radius 2 is 0.926 bits per heavy atom. The van der Waals surface area contributed by atoms with Crippen LogP contribution in [-0.4, -0.2) is 20.4 Å². The van der Waals surface area contributed by atoms with Crippen LogP contribution in [0.3, 0.4) is 0 Å². The lowest BCUT2D eigenvalue weighted by Gasteiger charge is -2.22. The first-order chi connectivity index (χ1) is 12.7. The van der Waals surface area contributed by atoms with Crippen molar-refractivity contribution >= 4 is 50.5 Å². The van der Waals surface area contributed by atoms with Crippen molar-refractivity contribution in [3.05, 3.63) is 59.2 Å². The summed E-state index contributed by atoms with van der Waals surface area (Å²) in [6.07, 6.45) is 0. The van der Waals surface area contributed by atoms with Crippen LogP contribution >= 0.6 is 50.5 Å². The van der Waals surface area contributed by atoms with Crippen LogP contribution in [0.25, 0.3) is 0 Å². The van der Waals surface area contributed by atoms with Gasteiger partial charge >= 0.3 is 0 Å². The van der Waals surface area contributed by atoms with Crippen molar-refractivity contribution in [2.45, 2.75) is 25.5 Å². The lowest BCUT2D eigenvalue weighted by atomic mass is 9.85. The Kier molecular flexibility index (Phi) is 5.71. The van der Waals surface area contributed by atoms with Crippen molar-refractivity contribution in [2.24, 2.45) is 0 Å². The van der Waals surface area contributed by atoms with E-state index in [4.69, 9.17) is 0 Å².